The van der Waals surface area contributed by atoms with Crippen molar-refractivity contribution in [1.82, 2.24) is 5.43 Å². The Hall–Kier alpha value is -2.51. The Balaban J connectivity index is 1.62. The number of methoxy groups -OCH3 is 1. The Morgan fingerprint density at radius 2 is 1.74 bits per heavy atom. The van der Waals surface area contributed by atoms with Gasteiger partial charge in [-0.15, -0.1) is 0 Å². The number of benzene rings is 3. The molecule has 0 spiro atoms. The van der Waals surface area contributed by atoms with Crippen molar-refractivity contribution in [3.8, 4) is 11.5 Å². The molecule has 0 bridgehead atoms. The van der Waals surface area contributed by atoms with Crippen molar-refractivity contribution in [3.05, 3.63) is 86.9 Å². The number of rotatable bonds is 7. The molecule has 3 aromatic rings. The van der Waals surface area contributed by atoms with E-state index in [2.05, 4.69) is 15.8 Å². The fraction of sp³-hybridized carbons (Fsp3) is 0.0909. The van der Waals surface area contributed by atoms with Gasteiger partial charge in [0.15, 0.2) is 16.6 Å². The SMILES string of the molecule is COc1cc(C=NNC(=S)Nc2ccccc2)ccc1OCc1c(Cl)ccc(Cl)c1Cl. The Bertz CT molecular complexity index is 1090. The highest BCUT2D eigenvalue weighted by Crippen LogP contribution is 2.34. The first-order chi connectivity index (χ1) is 15.0. The van der Waals surface area contributed by atoms with Gasteiger partial charge in [-0.2, -0.15) is 5.10 Å². The summed E-state index contributed by atoms with van der Waals surface area (Å²) < 4.78 is 11.3. The minimum Gasteiger partial charge on any atom is -0.493 e. The van der Waals surface area contributed by atoms with Crippen LogP contribution in [0.3, 0.4) is 0 Å². The van der Waals surface area contributed by atoms with Crippen LogP contribution in [0.2, 0.25) is 15.1 Å². The molecule has 0 unspecified atom stereocenters. The number of para-hydroxylation sites is 1. The van der Waals surface area contributed by atoms with Gasteiger partial charge in [-0.1, -0.05) is 53.0 Å². The molecule has 160 valence electrons. The molecule has 3 aromatic carbocycles. The largest absolute Gasteiger partial charge is 0.493 e. The molecule has 0 fully saturated rings. The first-order valence-corrected chi connectivity index (χ1v) is 10.6. The van der Waals surface area contributed by atoms with Crippen LogP contribution in [0.4, 0.5) is 5.69 Å². The van der Waals surface area contributed by atoms with E-state index in [0.29, 0.717) is 37.2 Å². The van der Waals surface area contributed by atoms with E-state index in [1.165, 1.54) is 0 Å². The summed E-state index contributed by atoms with van der Waals surface area (Å²) in [5.41, 5.74) is 5.04. The van der Waals surface area contributed by atoms with E-state index in [1.807, 2.05) is 36.4 Å². The van der Waals surface area contributed by atoms with Crippen molar-refractivity contribution < 1.29 is 9.47 Å². The summed E-state index contributed by atoms with van der Waals surface area (Å²) in [5, 5.41) is 8.81. The maximum absolute atomic E-state index is 6.23. The number of nitrogens with one attached hydrogen (secondary N) is 2. The number of hydrogen-bond donors (Lipinski definition) is 2. The lowest BCUT2D eigenvalue weighted by Crippen LogP contribution is -2.23. The van der Waals surface area contributed by atoms with Crippen LogP contribution >= 0.6 is 47.0 Å². The van der Waals surface area contributed by atoms with Gasteiger partial charge in [0.05, 0.1) is 23.4 Å². The molecular weight excluding hydrogens is 477 g/mol. The molecule has 0 aromatic heterocycles. The van der Waals surface area contributed by atoms with Crippen LogP contribution in [-0.2, 0) is 6.61 Å². The molecule has 0 saturated carbocycles. The number of hydrogen-bond acceptors (Lipinski definition) is 4. The third-order valence-electron chi connectivity index (χ3n) is 4.11. The highest BCUT2D eigenvalue weighted by Gasteiger charge is 2.12. The van der Waals surface area contributed by atoms with Crippen molar-refractivity contribution in [2.75, 3.05) is 12.4 Å². The Labute approximate surface area is 200 Å². The zero-order chi connectivity index (χ0) is 22.2. The second-order valence-corrected chi connectivity index (χ2v) is 7.81. The van der Waals surface area contributed by atoms with Crippen LogP contribution < -0.4 is 20.2 Å². The van der Waals surface area contributed by atoms with E-state index in [9.17, 15) is 0 Å². The van der Waals surface area contributed by atoms with Gasteiger partial charge in [-0.05, 0) is 60.2 Å². The van der Waals surface area contributed by atoms with E-state index in [1.54, 1.807) is 37.6 Å². The first kappa shape index (κ1) is 23.2. The fourth-order valence-electron chi connectivity index (χ4n) is 2.58. The van der Waals surface area contributed by atoms with Gasteiger partial charge in [0.2, 0.25) is 0 Å². The van der Waals surface area contributed by atoms with Gasteiger partial charge < -0.3 is 14.8 Å². The van der Waals surface area contributed by atoms with E-state index in [0.717, 1.165) is 11.3 Å². The van der Waals surface area contributed by atoms with Crippen LogP contribution in [-0.4, -0.2) is 18.4 Å². The van der Waals surface area contributed by atoms with Gasteiger partial charge in [0.25, 0.3) is 0 Å². The van der Waals surface area contributed by atoms with Crippen molar-refractivity contribution in [1.29, 1.82) is 0 Å². The maximum Gasteiger partial charge on any atom is 0.191 e. The number of nitrogens with zero attached hydrogens (tertiary/aromatic N) is 1. The van der Waals surface area contributed by atoms with E-state index in [-0.39, 0.29) is 6.61 Å². The average Bonchev–Trinajstić information content (AvgIpc) is 2.77. The lowest BCUT2D eigenvalue weighted by atomic mass is 10.2. The average molecular weight is 495 g/mol. The molecule has 0 radical (unpaired) electrons. The van der Waals surface area contributed by atoms with E-state index < -0.39 is 0 Å². The maximum atomic E-state index is 6.23. The normalized spacial score (nSPS) is 10.7. The second-order valence-electron chi connectivity index (χ2n) is 6.21. The number of anilines is 1. The van der Waals surface area contributed by atoms with Crippen molar-refractivity contribution >= 4 is 64.0 Å². The fourth-order valence-corrected chi connectivity index (χ4v) is 3.41. The van der Waals surface area contributed by atoms with Crippen molar-refractivity contribution in [2.45, 2.75) is 6.61 Å². The van der Waals surface area contributed by atoms with Gasteiger partial charge in [-0.3, -0.25) is 5.43 Å². The van der Waals surface area contributed by atoms with Crippen molar-refractivity contribution in [3.63, 3.8) is 0 Å². The number of hydrazone groups is 1. The van der Waals surface area contributed by atoms with Gasteiger partial charge in [0, 0.05) is 16.3 Å². The molecule has 9 heteroatoms. The third-order valence-corrected chi connectivity index (χ3v) is 5.50. The van der Waals surface area contributed by atoms with Gasteiger partial charge >= 0.3 is 0 Å². The topological polar surface area (TPSA) is 54.9 Å². The summed E-state index contributed by atoms with van der Waals surface area (Å²) in [6.45, 7) is 0.142. The molecule has 0 aliphatic rings. The highest BCUT2D eigenvalue weighted by molar-refractivity contribution is 7.80. The molecule has 0 amide bonds. The van der Waals surface area contributed by atoms with Crippen LogP contribution in [0.15, 0.2) is 65.8 Å². The lowest BCUT2D eigenvalue weighted by Gasteiger charge is -2.13. The molecule has 0 heterocycles. The summed E-state index contributed by atoms with van der Waals surface area (Å²) in [4.78, 5) is 0. The van der Waals surface area contributed by atoms with E-state index >= 15 is 0 Å². The molecule has 0 atom stereocenters. The Morgan fingerprint density at radius 3 is 2.48 bits per heavy atom. The number of ether oxygens (including phenoxy) is 2. The third kappa shape index (κ3) is 6.48. The smallest absolute Gasteiger partial charge is 0.191 e. The monoisotopic (exact) mass is 493 g/mol. The minimum absolute atomic E-state index is 0.142. The first-order valence-electron chi connectivity index (χ1n) is 9.06. The zero-order valence-electron chi connectivity index (χ0n) is 16.4. The van der Waals surface area contributed by atoms with Crippen LogP contribution in [0.1, 0.15) is 11.1 Å². The summed E-state index contributed by atoms with van der Waals surface area (Å²) in [7, 11) is 1.56. The van der Waals surface area contributed by atoms with Crippen LogP contribution in [0.25, 0.3) is 0 Å². The highest BCUT2D eigenvalue weighted by atomic mass is 35.5. The quantitative estimate of drug-likeness (QED) is 0.169. The van der Waals surface area contributed by atoms with Crippen LogP contribution in [0.5, 0.6) is 11.5 Å². The summed E-state index contributed by atoms with van der Waals surface area (Å²) in [6, 6.07) is 18.3. The van der Waals surface area contributed by atoms with E-state index in [4.69, 9.17) is 56.5 Å². The molecular formula is C22H18Cl3N3O2S. The van der Waals surface area contributed by atoms with Gasteiger partial charge in [0.1, 0.15) is 6.61 Å². The molecule has 3 rings (SSSR count). The molecule has 0 aliphatic heterocycles. The molecule has 0 saturated heterocycles. The summed E-state index contributed by atoms with van der Waals surface area (Å²) in [5.74, 6) is 1.06. The molecule has 5 nitrogen and oxygen atoms in total. The van der Waals surface area contributed by atoms with Crippen LogP contribution in [0, 0.1) is 0 Å². The Kier molecular flexibility index (Phi) is 8.37. The lowest BCUT2D eigenvalue weighted by molar-refractivity contribution is 0.284. The zero-order valence-corrected chi connectivity index (χ0v) is 19.4. The number of thiocarbonyl (C=S) groups is 1. The Morgan fingerprint density at radius 1 is 1.00 bits per heavy atom. The molecule has 2 N–H and O–H groups in total. The van der Waals surface area contributed by atoms with Crippen molar-refractivity contribution in [2.24, 2.45) is 5.10 Å². The summed E-state index contributed by atoms with van der Waals surface area (Å²) in [6.07, 6.45) is 1.62. The summed E-state index contributed by atoms with van der Waals surface area (Å²) >= 11 is 23.7. The standard InChI is InChI=1S/C22H18Cl3N3O2S/c1-29-20-11-14(12-26-28-22(31)27-15-5-3-2-4-6-15)7-10-19(20)30-13-16-17(23)8-9-18(24)21(16)25/h2-12H,13H2,1H3,(H2,27,28,31). The molecule has 0 aliphatic carbocycles. The predicted molar refractivity (Wildman–Crippen MR) is 132 cm³/mol. The molecule has 31 heavy (non-hydrogen) atoms. The number of halogens is 3. The minimum atomic E-state index is 0.142. The van der Waals surface area contributed by atoms with Gasteiger partial charge in [-0.25, -0.2) is 0 Å². The second kappa shape index (κ2) is 11.2. The predicted octanol–water partition coefficient (Wildman–Crippen LogP) is 6.55.